The standard InChI is InChI=1S/C23H27Cl2N3O4S/c1-32-20-7-5-19(6-8-20)26-11-13-27(14-12-26)23(29)17-3-2-10-28(16-17)33(30,31)22-15-18(24)4-9-21(22)25/h4-9,15,17H,2-3,10-14,16H2,1H3/t17-/m1/s1. The van der Waals surface area contributed by atoms with Crippen molar-refractivity contribution in [2.24, 2.45) is 5.92 Å². The number of halogens is 2. The number of amides is 1. The maximum absolute atomic E-state index is 13.2. The van der Waals surface area contributed by atoms with Gasteiger partial charge in [-0.3, -0.25) is 4.79 Å². The largest absolute Gasteiger partial charge is 0.497 e. The van der Waals surface area contributed by atoms with Crippen molar-refractivity contribution in [1.29, 1.82) is 0 Å². The third kappa shape index (κ3) is 5.24. The van der Waals surface area contributed by atoms with E-state index in [2.05, 4.69) is 4.90 Å². The van der Waals surface area contributed by atoms with Gasteiger partial charge in [0, 0.05) is 50.0 Å². The lowest BCUT2D eigenvalue weighted by atomic mass is 9.97. The summed E-state index contributed by atoms with van der Waals surface area (Å²) in [5, 5.41) is 0.430. The quantitative estimate of drug-likeness (QED) is 0.611. The smallest absolute Gasteiger partial charge is 0.244 e. The highest BCUT2D eigenvalue weighted by Crippen LogP contribution is 2.31. The molecule has 10 heteroatoms. The van der Waals surface area contributed by atoms with Gasteiger partial charge in [-0.2, -0.15) is 4.31 Å². The van der Waals surface area contributed by atoms with Crippen molar-refractivity contribution in [3.05, 3.63) is 52.5 Å². The van der Waals surface area contributed by atoms with Crippen LogP contribution in [0.15, 0.2) is 47.4 Å². The number of carbonyl (C=O) groups excluding carboxylic acids is 1. The minimum atomic E-state index is -3.84. The predicted molar refractivity (Wildman–Crippen MR) is 130 cm³/mol. The van der Waals surface area contributed by atoms with Crippen molar-refractivity contribution in [3.8, 4) is 5.75 Å². The summed E-state index contributed by atoms with van der Waals surface area (Å²) in [6.07, 6.45) is 1.30. The SMILES string of the molecule is COc1ccc(N2CCN(C(=O)[C@@H]3CCCN(S(=O)(=O)c4cc(Cl)ccc4Cl)C3)CC2)cc1. The zero-order valence-electron chi connectivity index (χ0n) is 18.4. The fourth-order valence-electron chi connectivity index (χ4n) is 4.41. The number of methoxy groups -OCH3 is 1. The minimum absolute atomic E-state index is 0.0153. The minimum Gasteiger partial charge on any atom is -0.497 e. The second-order valence-electron chi connectivity index (χ2n) is 8.29. The molecule has 33 heavy (non-hydrogen) atoms. The number of benzene rings is 2. The Hall–Kier alpha value is -2.00. The summed E-state index contributed by atoms with van der Waals surface area (Å²) >= 11 is 12.2. The van der Waals surface area contributed by atoms with Crippen molar-refractivity contribution in [3.63, 3.8) is 0 Å². The number of nitrogens with zero attached hydrogens (tertiary/aromatic N) is 3. The Bertz CT molecular complexity index is 1100. The molecule has 0 saturated carbocycles. The number of piperazine rings is 1. The summed E-state index contributed by atoms with van der Waals surface area (Å²) in [6, 6.07) is 12.3. The van der Waals surface area contributed by atoms with E-state index < -0.39 is 10.0 Å². The molecule has 0 aromatic heterocycles. The van der Waals surface area contributed by atoms with Gasteiger partial charge >= 0.3 is 0 Å². The van der Waals surface area contributed by atoms with Gasteiger partial charge in [0.05, 0.1) is 18.1 Å². The molecule has 4 rings (SSSR count). The molecule has 0 radical (unpaired) electrons. The van der Waals surface area contributed by atoms with Gasteiger partial charge in [-0.25, -0.2) is 8.42 Å². The molecule has 0 bridgehead atoms. The highest BCUT2D eigenvalue weighted by atomic mass is 35.5. The van der Waals surface area contributed by atoms with Crippen LogP contribution >= 0.6 is 23.2 Å². The van der Waals surface area contributed by atoms with Crippen LogP contribution in [0.2, 0.25) is 10.0 Å². The molecular weight excluding hydrogens is 485 g/mol. The van der Waals surface area contributed by atoms with Crippen molar-refractivity contribution >= 4 is 44.8 Å². The van der Waals surface area contributed by atoms with E-state index in [0.717, 1.165) is 24.5 Å². The molecule has 1 amide bonds. The van der Waals surface area contributed by atoms with Crippen LogP contribution in [-0.4, -0.2) is 69.9 Å². The molecule has 2 aliphatic heterocycles. The molecule has 2 aromatic carbocycles. The van der Waals surface area contributed by atoms with Crippen LogP contribution in [-0.2, 0) is 14.8 Å². The molecule has 0 spiro atoms. The lowest BCUT2D eigenvalue weighted by Crippen LogP contribution is -2.53. The predicted octanol–water partition coefficient (Wildman–Crippen LogP) is 3.75. The number of piperidine rings is 1. The summed E-state index contributed by atoms with van der Waals surface area (Å²) < 4.78 is 33.0. The number of hydrogen-bond donors (Lipinski definition) is 0. The van der Waals surface area contributed by atoms with E-state index in [0.29, 0.717) is 37.5 Å². The lowest BCUT2D eigenvalue weighted by Gasteiger charge is -2.39. The average molecular weight is 512 g/mol. The Morgan fingerprint density at radius 1 is 1.00 bits per heavy atom. The van der Waals surface area contributed by atoms with Crippen LogP contribution in [0.5, 0.6) is 5.75 Å². The summed E-state index contributed by atoms with van der Waals surface area (Å²) in [5.41, 5.74) is 1.09. The average Bonchev–Trinajstić information content (AvgIpc) is 2.85. The molecule has 7 nitrogen and oxygen atoms in total. The zero-order chi connectivity index (χ0) is 23.6. The number of carbonyl (C=O) groups is 1. The number of anilines is 1. The van der Waals surface area contributed by atoms with Crippen LogP contribution in [0, 0.1) is 5.92 Å². The van der Waals surface area contributed by atoms with Crippen molar-refractivity contribution in [2.45, 2.75) is 17.7 Å². The van der Waals surface area contributed by atoms with E-state index in [4.69, 9.17) is 27.9 Å². The third-order valence-electron chi connectivity index (χ3n) is 6.27. The Kier molecular flexibility index (Phi) is 7.38. The summed E-state index contributed by atoms with van der Waals surface area (Å²) in [4.78, 5) is 17.3. The van der Waals surface area contributed by atoms with E-state index in [-0.39, 0.29) is 28.3 Å². The molecule has 2 fully saturated rings. The topological polar surface area (TPSA) is 70.2 Å². The van der Waals surface area contributed by atoms with Crippen molar-refractivity contribution in [1.82, 2.24) is 9.21 Å². The normalized spacial score (nSPS) is 20.0. The van der Waals surface area contributed by atoms with Gasteiger partial charge in [-0.1, -0.05) is 23.2 Å². The molecule has 2 heterocycles. The van der Waals surface area contributed by atoms with Gasteiger partial charge in [-0.05, 0) is 55.3 Å². The molecule has 1 atom stereocenters. The molecular formula is C23H27Cl2N3O4S. The summed E-state index contributed by atoms with van der Waals surface area (Å²) in [7, 11) is -2.20. The lowest BCUT2D eigenvalue weighted by molar-refractivity contribution is -0.137. The highest BCUT2D eigenvalue weighted by Gasteiger charge is 2.36. The second-order valence-corrected chi connectivity index (χ2v) is 11.0. The Morgan fingerprint density at radius 3 is 2.36 bits per heavy atom. The van der Waals surface area contributed by atoms with Gasteiger partial charge in [0.2, 0.25) is 15.9 Å². The van der Waals surface area contributed by atoms with Crippen LogP contribution in [0.3, 0.4) is 0 Å². The monoisotopic (exact) mass is 511 g/mol. The van der Waals surface area contributed by atoms with Gasteiger partial charge in [0.1, 0.15) is 10.6 Å². The highest BCUT2D eigenvalue weighted by molar-refractivity contribution is 7.89. The molecule has 178 valence electrons. The number of rotatable bonds is 5. The van der Waals surface area contributed by atoms with E-state index in [9.17, 15) is 13.2 Å². The number of hydrogen-bond acceptors (Lipinski definition) is 5. The molecule has 2 saturated heterocycles. The van der Waals surface area contributed by atoms with Gasteiger partial charge in [0.15, 0.2) is 0 Å². The van der Waals surface area contributed by atoms with Crippen molar-refractivity contribution in [2.75, 3.05) is 51.3 Å². The fourth-order valence-corrected chi connectivity index (χ4v) is 6.67. The number of sulfonamides is 1. The first-order valence-electron chi connectivity index (χ1n) is 10.9. The Balaban J connectivity index is 1.39. The van der Waals surface area contributed by atoms with Crippen LogP contribution in [0.25, 0.3) is 0 Å². The van der Waals surface area contributed by atoms with Gasteiger partial charge < -0.3 is 14.5 Å². The first kappa shape index (κ1) is 24.1. The maximum Gasteiger partial charge on any atom is 0.244 e. The van der Waals surface area contributed by atoms with E-state index in [1.54, 1.807) is 13.2 Å². The van der Waals surface area contributed by atoms with Crippen LogP contribution in [0.1, 0.15) is 12.8 Å². The second kappa shape index (κ2) is 10.1. The summed E-state index contributed by atoms with van der Waals surface area (Å²) in [6.45, 7) is 3.18. The van der Waals surface area contributed by atoms with Crippen LogP contribution in [0.4, 0.5) is 5.69 Å². The van der Waals surface area contributed by atoms with E-state index in [1.807, 2.05) is 29.2 Å². The fraction of sp³-hybridized carbons (Fsp3) is 0.435. The molecule has 2 aliphatic rings. The van der Waals surface area contributed by atoms with Gasteiger partial charge in [0.25, 0.3) is 0 Å². The first-order chi connectivity index (χ1) is 15.8. The maximum atomic E-state index is 13.2. The molecule has 0 aliphatic carbocycles. The van der Waals surface area contributed by atoms with E-state index >= 15 is 0 Å². The van der Waals surface area contributed by atoms with Crippen molar-refractivity contribution < 1.29 is 17.9 Å². The molecule has 0 unspecified atom stereocenters. The summed E-state index contributed by atoms with van der Waals surface area (Å²) in [5.74, 6) is 0.462. The van der Waals surface area contributed by atoms with Crippen LogP contribution < -0.4 is 9.64 Å². The Labute approximate surface area is 204 Å². The van der Waals surface area contributed by atoms with Gasteiger partial charge in [-0.15, -0.1) is 0 Å². The number of ether oxygens (including phenoxy) is 1. The third-order valence-corrected chi connectivity index (χ3v) is 8.86. The molecule has 0 N–H and O–H groups in total. The molecule has 2 aromatic rings. The van der Waals surface area contributed by atoms with E-state index in [1.165, 1.54) is 16.4 Å². The Morgan fingerprint density at radius 2 is 1.70 bits per heavy atom. The zero-order valence-corrected chi connectivity index (χ0v) is 20.7. The first-order valence-corrected chi connectivity index (χ1v) is 13.1.